The van der Waals surface area contributed by atoms with Crippen LogP contribution in [0.4, 0.5) is 0 Å². The fourth-order valence-corrected chi connectivity index (χ4v) is 3.16. The van der Waals surface area contributed by atoms with Crippen molar-refractivity contribution in [1.29, 1.82) is 0 Å². The van der Waals surface area contributed by atoms with Gasteiger partial charge in [0.2, 0.25) is 0 Å². The van der Waals surface area contributed by atoms with Gasteiger partial charge in [-0.15, -0.1) is 12.4 Å². The van der Waals surface area contributed by atoms with E-state index in [4.69, 9.17) is 4.99 Å². The van der Waals surface area contributed by atoms with Crippen LogP contribution in [0.5, 0.6) is 0 Å². The molecule has 3 rings (SSSR count). The Morgan fingerprint density at radius 1 is 0.840 bits per heavy atom. The minimum absolute atomic E-state index is 0. The van der Waals surface area contributed by atoms with Gasteiger partial charge in [-0.3, -0.25) is 4.99 Å². The maximum Gasteiger partial charge on any atom is 0.191 e. The van der Waals surface area contributed by atoms with E-state index >= 15 is 0 Å². The van der Waals surface area contributed by atoms with E-state index in [0.29, 0.717) is 5.92 Å². The van der Waals surface area contributed by atoms with Crippen LogP contribution < -0.4 is 10.6 Å². The summed E-state index contributed by atoms with van der Waals surface area (Å²) in [5.41, 5.74) is 2.67. The summed E-state index contributed by atoms with van der Waals surface area (Å²) < 4.78 is 0. The molecule has 1 heterocycles. The highest BCUT2D eigenvalue weighted by Crippen LogP contribution is 2.23. The quantitative estimate of drug-likeness (QED) is 0.853. The van der Waals surface area contributed by atoms with Crippen LogP contribution in [0.3, 0.4) is 0 Å². The number of hydrogen-bond donors (Lipinski definition) is 2. The molecule has 0 radical (unpaired) electrons. The molecule has 3 nitrogen and oxygen atoms in total. The maximum absolute atomic E-state index is 4.70. The van der Waals surface area contributed by atoms with Crippen LogP contribution in [0.15, 0.2) is 65.7 Å². The second-order valence-electron chi connectivity index (χ2n) is 6.33. The standard InChI is InChI=1S/C21H27N3.ClH/c1-2-10-16-23-21(22-15-9-1)24-17-20(18-11-5-3-6-12-18)19-13-7-4-8-14-19;/h3-8,11-14,20H,1-2,9-10,15-17H2,(H2,22,23,24);1H. The highest BCUT2D eigenvalue weighted by molar-refractivity contribution is 5.85. The van der Waals surface area contributed by atoms with Gasteiger partial charge in [0, 0.05) is 25.6 Å². The van der Waals surface area contributed by atoms with E-state index in [1.54, 1.807) is 0 Å². The molecule has 1 aliphatic heterocycles. The van der Waals surface area contributed by atoms with Gasteiger partial charge in [0.25, 0.3) is 0 Å². The highest BCUT2D eigenvalue weighted by atomic mass is 35.5. The average molecular weight is 358 g/mol. The molecule has 0 amide bonds. The van der Waals surface area contributed by atoms with Crippen molar-refractivity contribution in [3.8, 4) is 0 Å². The van der Waals surface area contributed by atoms with Gasteiger partial charge in [-0.2, -0.15) is 0 Å². The lowest BCUT2D eigenvalue weighted by Gasteiger charge is -2.20. The molecule has 0 saturated carbocycles. The van der Waals surface area contributed by atoms with Gasteiger partial charge in [0.1, 0.15) is 0 Å². The van der Waals surface area contributed by atoms with Crippen LogP contribution in [0.25, 0.3) is 0 Å². The van der Waals surface area contributed by atoms with Crippen LogP contribution in [-0.4, -0.2) is 25.6 Å². The number of rotatable bonds is 4. The van der Waals surface area contributed by atoms with Gasteiger partial charge in [0.15, 0.2) is 5.96 Å². The van der Waals surface area contributed by atoms with Gasteiger partial charge >= 0.3 is 0 Å². The Bertz CT molecular complexity index is 589. The minimum Gasteiger partial charge on any atom is -0.356 e. The lowest BCUT2D eigenvalue weighted by Crippen LogP contribution is -2.40. The molecular weight excluding hydrogens is 330 g/mol. The fraction of sp³-hybridized carbons (Fsp3) is 0.381. The summed E-state index contributed by atoms with van der Waals surface area (Å²) in [6.07, 6.45) is 5.00. The zero-order chi connectivity index (χ0) is 16.5. The van der Waals surface area contributed by atoms with Gasteiger partial charge in [-0.1, -0.05) is 73.5 Å². The summed E-state index contributed by atoms with van der Waals surface area (Å²) >= 11 is 0. The second kappa shape index (κ2) is 10.8. The lowest BCUT2D eigenvalue weighted by atomic mass is 9.91. The van der Waals surface area contributed by atoms with Gasteiger partial charge < -0.3 is 10.6 Å². The van der Waals surface area contributed by atoms with E-state index in [1.165, 1.54) is 36.8 Å². The van der Waals surface area contributed by atoms with Crippen LogP contribution in [0.1, 0.15) is 42.7 Å². The minimum atomic E-state index is 0. The molecule has 0 aliphatic carbocycles. The zero-order valence-electron chi connectivity index (χ0n) is 14.7. The van der Waals surface area contributed by atoms with E-state index in [1.807, 2.05) is 0 Å². The summed E-state index contributed by atoms with van der Waals surface area (Å²) in [7, 11) is 0. The van der Waals surface area contributed by atoms with E-state index in [-0.39, 0.29) is 12.4 Å². The maximum atomic E-state index is 4.70. The molecule has 0 aromatic heterocycles. The first kappa shape index (κ1) is 19.3. The van der Waals surface area contributed by atoms with Crippen LogP contribution in [-0.2, 0) is 0 Å². The molecule has 4 heteroatoms. The molecule has 1 aliphatic rings. The van der Waals surface area contributed by atoms with Crippen LogP contribution in [0, 0.1) is 0 Å². The fourth-order valence-electron chi connectivity index (χ4n) is 3.16. The van der Waals surface area contributed by atoms with E-state index in [0.717, 1.165) is 25.6 Å². The van der Waals surface area contributed by atoms with Crippen molar-refractivity contribution in [3.63, 3.8) is 0 Å². The Kier molecular flexibility index (Phi) is 8.33. The van der Waals surface area contributed by atoms with Crippen molar-refractivity contribution in [2.45, 2.75) is 31.6 Å². The van der Waals surface area contributed by atoms with E-state index in [2.05, 4.69) is 71.3 Å². The zero-order valence-corrected chi connectivity index (χ0v) is 15.5. The molecule has 2 N–H and O–H groups in total. The van der Waals surface area contributed by atoms with Crippen molar-refractivity contribution in [3.05, 3.63) is 71.8 Å². The number of halogens is 1. The molecule has 0 fully saturated rings. The number of nitrogens with one attached hydrogen (secondary N) is 2. The Hall–Kier alpha value is -2.00. The third-order valence-corrected chi connectivity index (χ3v) is 4.52. The molecule has 2 aromatic rings. The Morgan fingerprint density at radius 2 is 1.44 bits per heavy atom. The number of nitrogens with zero attached hydrogens (tertiary/aromatic N) is 1. The number of benzene rings is 2. The predicted octanol–water partition coefficient (Wildman–Crippen LogP) is 4.35. The largest absolute Gasteiger partial charge is 0.356 e. The normalized spacial score (nSPS) is 15.0. The van der Waals surface area contributed by atoms with Gasteiger partial charge in [-0.05, 0) is 24.0 Å². The Labute approximate surface area is 157 Å². The number of aliphatic imine (C=N–C) groups is 1. The monoisotopic (exact) mass is 357 g/mol. The Balaban J connectivity index is 0.00000225. The van der Waals surface area contributed by atoms with Gasteiger partial charge in [-0.25, -0.2) is 0 Å². The second-order valence-corrected chi connectivity index (χ2v) is 6.33. The topological polar surface area (TPSA) is 36.4 Å². The molecular formula is C21H28ClN3. The van der Waals surface area contributed by atoms with Gasteiger partial charge in [0.05, 0.1) is 0 Å². The Morgan fingerprint density at radius 3 is 2.08 bits per heavy atom. The number of hydrogen-bond acceptors (Lipinski definition) is 3. The van der Waals surface area contributed by atoms with E-state index < -0.39 is 0 Å². The van der Waals surface area contributed by atoms with Crippen molar-refractivity contribution in [1.82, 2.24) is 10.6 Å². The third kappa shape index (κ3) is 6.09. The van der Waals surface area contributed by atoms with Crippen LogP contribution >= 0.6 is 12.4 Å². The predicted molar refractivity (Wildman–Crippen MR) is 109 cm³/mol. The first-order valence-corrected chi connectivity index (χ1v) is 9.05. The average Bonchev–Trinajstić information content (AvgIpc) is 2.78. The van der Waals surface area contributed by atoms with Crippen molar-refractivity contribution in [2.75, 3.05) is 19.6 Å². The molecule has 0 saturated heterocycles. The summed E-state index contributed by atoms with van der Waals surface area (Å²) in [6, 6.07) is 21.4. The highest BCUT2D eigenvalue weighted by Gasteiger charge is 2.14. The third-order valence-electron chi connectivity index (χ3n) is 4.52. The lowest BCUT2D eigenvalue weighted by molar-refractivity contribution is 0.648. The summed E-state index contributed by atoms with van der Waals surface area (Å²) in [5.74, 6) is 1.28. The number of guanidine groups is 1. The van der Waals surface area contributed by atoms with Crippen molar-refractivity contribution >= 4 is 18.4 Å². The summed E-state index contributed by atoms with van der Waals surface area (Å²) in [6.45, 7) is 2.77. The molecule has 25 heavy (non-hydrogen) atoms. The molecule has 0 unspecified atom stereocenters. The molecule has 2 aromatic carbocycles. The van der Waals surface area contributed by atoms with Crippen molar-refractivity contribution < 1.29 is 0 Å². The first-order chi connectivity index (χ1) is 11.9. The smallest absolute Gasteiger partial charge is 0.191 e. The molecule has 0 spiro atoms. The van der Waals surface area contributed by atoms with E-state index in [9.17, 15) is 0 Å². The first-order valence-electron chi connectivity index (χ1n) is 9.05. The summed E-state index contributed by atoms with van der Waals surface area (Å²) in [4.78, 5) is 4.70. The summed E-state index contributed by atoms with van der Waals surface area (Å²) in [5, 5.41) is 7.01. The molecule has 0 atom stereocenters. The molecule has 0 bridgehead atoms. The SMILES string of the molecule is Cl.c1ccc(C(CNC2=NCCCCCCN2)c2ccccc2)cc1. The van der Waals surface area contributed by atoms with Crippen molar-refractivity contribution in [2.24, 2.45) is 4.99 Å². The van der Waals surface area contributed by atoms with Crippen LogP contribution in [0.2, 0.25) is 0 Å². The molecule has 134 valence electrons.